The Balaban J connectivity index is 0.00000225. The van der Waals surface area contributed by atoms with Gasteiger partial charge in [-0.1, -0.05) is 36.8 Å². The minimum atomic E-state index is -0.0512. The first-order chi connectivity index (χ1) is 7.15. The summed E-state index contributed by atoms with van der Waals surface area (Å²) in [5, 5.41) is 3.26. The van der Waals surface area contributed by atoms with Crippen LogP contribution in [-0.2, 0) is 4.79 Å². The first-order valence-electron chi connectivity index (χ1n) is 4.79. The fourth-order valence-corrected chi connectivity index (χ4v) is 1.95. The zero-order chi connectivity index (χ0) is 11.3. The normalized spacial score (nSPS) is 10.0. The molecule has 16 heavy (non-hydrogen) atoms. The van der Waals surface area contributed by atoms with Crippen molar-refractivity contribution in [3.8, 4) is 0 Å². The average Bonchev–Trinajstić information content (AvgIpc) is 2.60. The molecular formula is C9H15Cl2N3OS. The zero-order valence-corrected chi connectivity index (χ0v) is 11.6. The molecule has 7 heteroatoms. The van der Waals surface area contributed by atoms with Gasteiger partial charge in [0, 0.05) is 0 Å². The Kier molecular flexibility index (Phi) is 7.66. The van der Waals surface area contributed by atoms with Crippen LogP contribution in [0.2, 0.25) is 4.34 Å². The van der Waals surface area contributed by atoms with Crippen molar-refractivity contribution in [1.29, 1.82) is 0 Å². The molecule has 92 valence electrons. The molecule has 0 unspecified atom stereocenters. The van der Waals surface area contributed by atoms with Gasteiger partial charge in [-0.3, -0.25) is 9.69 Å². The number of thiazole rings is 1. The van der Waals surface area contributed by atoms with Crippen LogP contribution in [0.25, 0.3) is 0 Å². The number of hydrogen-bond acceptors (Lipinski definition) is 4. The quantitative estimate of drug-likeness (QED) is 0.903. The second-order valence-corrected chi connectivity index (χ2v) is 4.64. The molecule has 0 saturated heterocycles. The van der Waals surface area contributed by atoms with Gasteiger partial charge >= 0.3 is 0 Å². The molecule has 0 aromatic carbocycles. The predicted octanol–water partition coefficient (Wildman–Crippen LogP) is 2.50. The molecule has 0 aliphatic carbocycles. The van der Waals surface area contributed by atoms with E-state index in [9.17, 15) is 4.79 Å². The molecule has 0 bridgehead atoms. The molecule has 1 heterocycles. The molecule has 1 rings (SSSR count). The van der Waals surface area contributed by atoms with E-state index in [1.165, 1.54) is 17.5 Å². The van der Waals surface area contributed by atoms with Gasteiger partial charge in [-0.15, -0.1) is 12.4 Å². The predicted molar refractivity (Wildman–Crippen MR) is 70.8 cm³/mol. The van der Waals surface area contributed by atoms with Crippen LogP contribution in [0, 0.1) is 0 Å². The topological polar surface area (TPSA) is 45.2 Å². The van der Waals surface area contributed by atoms with Crippen LogP contribution in [0.1, 0.15) is 13.8 Å². The lowest BCUT2D eigenvalue weighted by atomic mass is 10.4. The van der Waals surface area contributed by atoms with Gasteiger partial charge in [0.1, 0.15) is 4.34 Å². The summed E-state index contributed by atoms with van der Waals surface area (Å²) in [5.74, 6) is -0.0512. The van der Waals surface area contributed by atoms with E-state index in [1.807, 2.05) is 18.7 Å². The molecule has 0 fully saturated rings. The van der Waals surface area contributed by atoms with E-state index in [-0.39, 0.29) is 18.3 Å². The fraction of sp³-hybridized carbons (Fsp3) is 0.556. The van der Waals surface area contributed by atoms with Gasteiger partial charge in [0.25, 0.3) is 0 Å². The Morgan fingerprint density at radius 2 is 2.19 bits per heavy atom. The third kappa shape index (κ3) is 5.12. The Hall–Kier alpha value is -0.360. The molecule has 1 aromatic heterocycles. The third-order valence-electron chi connectivity index (χ3n) is 1.99. The van der Waals surface area contributed by atoms with Gasteiger partial charge < -0.3 is 5.32 Å². The van der Waals surface area contributed by atoms with E-state index in [4.69, 9.17) is 11.6 Å². The summed E-state index contributed by atoms with van der Waals surface area (Å²) in [6.07, 6.45) is 1.53. The molecule has 0 spiro atoms. The van der Waals surface area contributed by atoms with Crippen LogP contribution >= 0.6 is 35.3 Å². The minimum Gasteiger partial charge on any atom is -0.301 e. The van der Waals surface area contributed by atoms with E-state index in [0.717, 1.165) is 13.1 Å². The van der Waals surface area contributed by atoms with Crippen molar-refractivity contribution in [2.24, 2.45) is 0 Å². The summed E-state index contributed by atoms with van der Waals surface area (Å²) in [6.45, 7) is 6.17. The summed E-state index contributed by atoms with van der Waals surface area (Å²) >= 11 is 6.96. The minimum absolute atomic E-state index is 0. The number of anilines is 1. The molecule has 1 N–H and O–H groups in total. The maximum Gasteiger partial charge on any atom is 0.240 e. The fourth-order valence-electron chi connectivity index (χ4n) is 1.12. The van der Waals surface area contributed by atoms with Crippen LogP contribution in [0.5, 0.6) is 0 Å². The largest absolute Gasteiger partial charge is 0.301 e. The maximum atomic E-state index is 11.5. The highest BCUT2D eigenvalue weighted by Gasteiger charge is 2.09. The Labute approximate surface area is 110 Å². The summed E-state index contributed by atoms with van der Waals surface area (Å²) < 4.78 is 0.577. The van der Waals surface area contributed by atoms with Crippen molar-refractivity contribution in [3.63, 3.8) is 0 Å². The Morgan fingerprint density at radius 3 is 2.62 bits per heavy atom. The van der Waals surface area contributed by atoms with Crippen molar-refractivity contribution in [2.75, 3.05) is 25.0 Å². The SMILES string of the molecule is CCN(CC)CC(=O)Nc1ncc(Cl)s1.Cl. The first-order valence-corrected chi connectivity index (χ1v) is 5.98. The third-order valence-corrected chi connectivity index (χ3v) is 3.02. The number of nitrogens with zero attached hydrogens (tertiary/aromatic N) is 2. The van der Waals surface area contributed by atoms with Gasteiger partial charge in [0.15, 0.2) is 5.13 Å². The van der Waals surface area contributed by atoms with E-state index in [0.29, 0.717) is 16.0 Å². The molecule has 1 amide bonds. The Bertz CT molecular complexity index is 328. The lowest BCUT2D eigenvalue weighted by molar-refractivity contribution is -0.117. The van der Waals surface area contributed by atoms with Crippen LogP contribution < -0.4 is 5.32 Å². The van der Waals surface area contributed by atoms with E-state index >= 15 is 0 Å². The second-order valence-electron chi connectivity index (χ2n) is 2.98. The van der Waals surface area contributed by atoms with E-state index < -0.39 is 0 Å². The van der Waals surface area contributed by atoms with Crippen molar-refractivity contribution in [2.45, 2.75) is 13.8 Å². The monoisotopic (exact) mass is 283 g/mol. The number of halogens is 2. The second kappa shape index (κ2) is 7.84. The lowest BCUT2D eigenvalue weighted by Gasteiger charge is -2.16. The number of carbonyl (C=O) groups excluding carboxylic acids is 1. The summed E-state index contributed by atoms with van der Waals surface area (Å²) in [4.78, 5) is 17.5. The molecule has 0 saturated carbocycles. The van der Waals surface area contributed by atoms with Crippen LogP contribution in [0.4, 0.5) is 5.13 Å². The number of nitrogens with one attached hydrogen (secondary N) is 1. The number of hydrogen-bond donors (Lipinski definition) is 1. The summed E-state index contributed by atoms with van der Waals surface area (Å²) in [5.41, 5.74) is 0. The molecule has 0 radical (unpaired) electrons. The van der Waals surface area contributed by atoms with Crippen LogP contribution in [-0.4, -0.2) is 35.4 Å². The van der Waals surface area contributed by atoms with Crippen molar-refractivity contribution >= 4 is 46.4 Å². The first kappa shape index (κ1) is 15.6. The summed E-state index contributed by atoms with van der Waals surface area (Å²) in [7, 11) is 0. The highest BCUT2D eigenvalue weighted by Crippen LogP contribution is 2.22. The molecular weight excluding hydrogens is 269 g/mol. The van der Waals surface area contributed by atoms with Gasteiger partial charge in [0.2, 0.25) is 5.91 Å². The zero-order valence-electron chi connectivity index (χ0n) is 9.20. The summed E-state index contributed by atoms with van der Waals surface area (Å²) in [6, 6.07) is 0. The van der Waals surface area contributed by atoms with Crippen LogP contribution in [0.15, 0.2) is 6.20 Å². The average molecular weight is 284 g/mol. The van der Waals surface area contributed by atoms with Crippen molar-refractivity contribution in [1.82, 2.24) is 9.88 Å². The standard InChI is InChI=1S/C9H14ClN3OS.ClH/c1-3-13(4-2)6-8(14)12-9-11-5-7(10)15-9;/h5H,3-4,6H2,1-2H3,(H,11,12,14);1H. The number of amides is 1. The highest BCUT2D eigenvalue weighted by atomic mass is 35.5. The van der Waals surface area contributed by atoms with E-state index in [1.54, 1.807) is 0 Å². The van der Waals surface area contributed by atoms with E-state index in [2.05, 4.69) is 10.3 Å². The van der Waals surface area contributed by atoms with Crippen molar-refractivity contribution < 1.29 is 4.79 Å². The highest BCUT2D eigenvalue weighted by molar-refractivity contribution is 7.19. The Morgan fingerprint density at radius 1 is 1.56 bits per heavy atom. The molecule has 0 aliphatic rings. The molecule has 0 atom stereocenters. The van der Waals surface area contributed by atoms with Gasteiger partial charge in [-0.05, 0) is 13.1 Å². The van der Waals surface area contributed by atoms with Gasteiger partial charge in [-0.25, -0.2) is 4.98 Å². The number of rotatable bonds is 5. The van der Waals surface area contributed by atoms with Gasteiger partial charge in [0.05, 0.1) is 12.7 Å². The molecule has 0 aliphatic heterocycles. The smallest absolute Gasteiger partial charge is 0.240 e. The number of aromatic nitrogens is 1. The maximum absolute atomic E-state index is 11.5. The lowest BCUT2D eigenvalue weighted by Crippen LogP contribution is -2.32. The van der Waals surface area contributed by atoms with Gasteiger partial charge in [-0.2, -0.15) is 0 Å². The molecule has 4 nitrogen and oxygen atoms in total. The van der Waals surface area contributed by atoms with Crippen molar-refractivity contribution in [3.05, 3.63) is 10.5 Å². The molecule has 1 aromatic rings. The van der Waals surface area contributed by atoms with Crippen LogP contribution in [0.3, 0.4) is 0 Å². The number of likely N-dealkylation sites (N-methyl/N-ethyl adjacent to an activating group) is 1. The number of carbonyl (C=O) groups is 1.